The van der Waals surface area contributed by atoms with Gasteiger partial charge < -0.3 is 10.4 Å². The quantitative estimate of drug-likeness (QED) is 0.734. The third kappa shape index (κ3) is 1.84. The number of fused-ring (bicyclic) bond motifs is 1. The van der Waals surface area contributed by atoms with Gasteiger partial charge in [0, 0.05) is 0 Å². The van der Waals surface area contributed by atoms with Gasteiger partial charge in [0.2, 0.25) is 5.91 Å². The lowest BCUT2D eigenvalue weighted by molar-refractivity contribution is -0.131. The van der Waals surface area contributed by atoms with Gasteiger partial charge in [0.25, 0.3) is 0 Å². The largest absolute Gasteiger partial charge is 0.394 e. The van der Waals surface area contributed by atoms with E-state index in [1.807, 2.05) is 6.92 Å². The molecule has 2 fully saturated rings. The van der Waals surface area contributed by atoms with Crippen LogP contribution in [0.1, 0.15) is 39.0 Å². The number of hydrogen-bond donors (Lipinski definition) is 2. The Morgan fingerprint density at radius 2 is 2.06 bits per heavy atom. The van der Waals surface area contributed by atoms with Crippen LogP contribution in [-0.4, -0.2) is 47.2 Å². The van der Waals surface area contributed by atoms with Gasteiger partial charge in [-0.1, -0.05) is 6.92 Å². The van der Waals surface area contributed by atoms with E-state index in [9.17, 15) is 4.79 Å². The Morgan fingerprint density at radius 1 is 1.44 bits per heavy atom. The van der Waals surface area contributed by atoms with Crippen LogP contribution in [0.25, 0.3) is 0 Å². The zero-order valence-electron chi connectivity index (χ0n) is 10.0. The molecule has 0 bridgehead atoms. The summed E-state index contributed by atoms with van der Waals surface area (Å²) >= 11 is 0. The lowest BCUT2D eigenvalue weighted by Crippen LogP contribution is -2.54. The number of aliphatic hydroxyl groups excluding tert-OH is 1. The van der Waals surface area contributed by atoms with Crippen molar-refractivity contribution < 1.29 is 9.90 Å². The molecule has 2 N–H and O–H groups in total. The number of hydrogen-bond acceptors (Lipinski definition) is 3. The fourth-order valence-corrected chi connectivity index (χ4v) is 3.07. The van der Waals surface area contributed by atoms with Crippen molar-refractivity contribution in [2.45, 2.75) is 50.6 Å². The predicted molar refractivity (Wildman–Crippen MR) is 62.1 cm³/mol. The average Bonchev–Trinajstić information content (AvgIpc) is 2.84. The van der Waals surface area contributed by atoms with Crippen LogP contribution in [0, 0.1) is 0 Å². The van der Waals surface area contributed by atoms with Crippen LogP contribution in [0.2, 0.25) is 0 Å². The molecule has 1 atom stereocenters. The van der Waals surface area contributed by atoms with Crippen molar-refractivity contribution in [3.05, 3.63) is 0 Å². The maximum atomic E-state index is 12.3. The molecule has 0 saturated carbocycles. The minimum atomic E-state index is -0.234. The fourth-order valence-electron chi connectivity index (χ4n) is 3.07. The highest BCUT2D eigenvalue weighted by Gasteiger charge is 2.50. The number of rotatable bonds is 4. The van der Waals surface area contributed by atoms with E-state index >= 15 is 0 Å². The molecule has 2 saturated heterocycles. The van der Waals surface area contributed by atoms with E-state index in [2.05, 4.69) is 10.2 Å². The molecule has 4 nitrogen and oxygen atoms in total. The SMILES string of the molecule is CC[C@H](CO)NC(=O)C12CCCN1CCC2. The molecule has 0 spiro atoms. The summed E-state index contributed by atoms with van der Waals surface area (Å²) in [5.74, 6) is 0.142. The Labute approximate surface area is 97.0 Å². The Balaban J connectivity index is 2.03. The second kappa shape index (κ2) is 4.72. The first-order chi connectivity index (χ1) is 7.73. The van der Waals surface area contributed by atoms with Gasteiger partial charge in [0.15, 0.2) is 0 Å². The molecule has 0 radical (unpaired) electrons. The van der Waals surface area contributed by atoms with Crippen LogP contribution in [0.3, 0.4) is 0 Å². The summed E-state index contributed by atoms with van der Waals surface area (Å²) in [7, 11) is 0. The zero-order valence-corrected chi connectivity index (χ0v) is 10.0. The predicted octanol–water partition coefficient (Wildman–Crippen LogP) is 0.502. The molecular weight excluding hydrogens is 204 g/mol. The minimum absolute atomic E-state index is 0.0400. The normalized spacial score (nSPS) is 25.4. The first kappa shape index (κ1) is 11.9. The summed E-state index contributed by atoms with van der Waals surface area (Å²) < 4.78 is 0. The smallest absolute Gasteiger partial charge is 0.240 e. The number of aliphatic hydroxyl groups is 1. The van der Waals surface area contributed by atoms with Gasteiger partial charge in [-0.25, -0.2) is 0 Å². The molecule has 0 aromatic rings. The van der Waals surface area contributed by atoms with Gasteiger partial charge >= 0.3 is 0 Å². The number of carbonyl (C=O) groups is 1. The van der Waals surface area contributed by atoms with Gasteiger partial charge in [-0.2, -0.15) is 0 Å². The van der Waals surface area contributed by atoms with Gasteiger partial charge in [0.05, 0.1) is 12.6 Å². The molecule has 16 heavy (non-hydrogen) atoms. The molecule has 0 aromatic heterocycles. The summed E-state index contributed by atoms with van der Waals surface area (Å²) in [5.41, 5.74) is -0.234. The molecule has 2 aliphatic rings. The van der Waals surface area contributed by atoms with Crippen molar-refractivity contribution in [2.75, 3.05) is 19.7 Å². The standard InChI is InChI=1S/C12H22N2O2/c1-2-10(9-15)13-11(16)12-5-3-7-14(12)8-4-6-12/h10,15H,2-9H2,1H3,(H,13,16)/t10-/m1/s1. The van der Waals surface area contributed by atoms with Crippen LogP contribution in [0.15, 0.2) is 0 Å². The maximum Gasteiger partial charge on any atom is 0.240 e. The van der Waals surface area contributed by atoms with Crippen molar-refractivity contribution in [1.29, 1.82) is 0 Å². The summed E-state index contributed by atoms with van der Waals surface area (Å²) in [6.45, 7) is 4.14. The number of carbonyl (C=O) groups excluding carboxylic acids is 1. The third-order valence-electron chi connectivity index (χ3n) is 4.11. The van der Waals surface area contributed by atoms with Gasteiger partial charge in [-0.05, 0) is 45.2 Å². The summed E-state index contributed by atoms with van der Waals surface area (Å²) in [4.78, 5) is 14.6. The van der Waals surface area contributed by atoms with Crippen molar-refractivity contribution in [1.82, 2.24) is 10.2 Å². The third-order valence-corrected chi connectivity index (χ3v) is 4.11. The lowest BCUT2D eigenvalue weighted by Gasteiger charge is -2.32. The minimum Gasteiger partial charge on any atom is -0.394 e. The lowest BCUT2D eigenvalue weighted by atomic mass is 9.92. The summed E-state index contributed by atoms with van der Waals surface area (Å²) in [6.07, 6.45) is 5.02. The molecule has 2 heterocycles. The van der Waals surface area contributed by atoms with Gasteiger partial charge in [-0.3, -0.25) is 9.69 Å². The first-order valence-corrected chi connectivity index (χ1v) is 6.40. The molecular formula is C12H22N2O2. The summed E-state index contributed by atoms with van der Waals surface area (Å²) in [6, 6.07) is -0.0788. The number of amides is 1. The second-order valence-electron chi connectivity index (χ2n) is 4.99. The molecule has 2 rings (SSSR count). The van der Waals surface area contributed by atoms with Crippen LogP contribution >= 0.6 is 0 Å². The molecule has 4 heteroatoms. The molecule has 1 amide bonds. The highest BCUT2D eigenvalue weighted by Crippen LogP contribution is 2.38. The fraction of sp³-hybridized carbons (Fsp3) is 0.917. The van der Waals surface area contributed by atoms with E-state index in [4.69, 9.17) is 5.11 Å². The van der Waals surface area contributed by atoms with Crippen molar-refractivity contribution in [2.24, 2.45) is 0 Å². The molecule has 2 aliphatic heterocycles. The summed E-state index contributed by atoms with van der Waals surface area (Å²) in [5, 5.41) is 12.1. The molecule has 0 unspecified atom stereocenters. The highest BCUT2D eigenvalue weighted by atomic mass is 16.3. The van der Waals surface area contributed by atoms with Gasteiger partial charge in [0.1, 0.15) is 5.54 Å². The zero-order chi connectivity index (χ0) is 11.6. The van der Waals surface area contributed by atoms with E-state index in [0.29, 0.717) is 0 Å². The van der Waals surface area contributed by atoms with E-state index in [1.54, 1.807) is 0 Å². The number of nitrogens with zero attached hydrogens (tertiary/aromatic N) is 1. The average molecular weight is 226 g/mol. The van der Waals surface area contributed by atoms with Crippen molar-refractivity contribution in [3.63, 3.8) is 0 Å². The molecule has 0 aliphatic carbocycles. The Bertz CT molecular complexity index is 254. The maximum absolute atomic E-state index is 12.3. The van der Waals surface area contributed by atoms with Crippen LogP contribution < -0.4 is 5.32 Å². The number of nitrogens with one attached hydrogen (secondary N) is 1. The van der Waals surface area contributed by atoms with E-state index in [0.717, 1.165) is 45.2 Å². The van der Waals surface area contributed by atoms with Crippen LogP contribution in [0.4, 0.5) is 0 Å². The highest BCUT2D eigenvalue weighted by molar-refractivity contribution is 5.87. The van der Waals surface area contributed by atoms with Crippen molar-refractivity contribution >= 4 is 5.91 Å². The Hall–Kier alpha value is -0.610. The van der Waals surface area contributed by atoms with Crippen LogP contribution in [-0.2, 0) is 4.79 Å². The van der Waals surface area contributed by atoms with Crippen molar-refractivity contribution in [3.8, 4) is 0 Å². The van der Waals surface area contributed by atoms with E-state index in [1.165, 1.54) is 0 Å². The first-order valence-electron chi connectivity index (χ1n) is 6.40. The monoisotopic (exact) mass is 226 g/mol. The second-order valence-corrected chi connectivity index (χ2v) is 4.99. The topological polar surface area (TPSA) is 52.6 Å². The van der Waals surface area contributed by atoms with E-state index in [-0.39, 0.29) is 24.1 Å². The molecule has 92 valence electrons. The Morgan fingerprint density at radius 3 is 2.56 bits per heavy atom. The van der Waals surface area contributed by atoms with Gasteiger partial charge in [-0.15, -0.1) is 0 Å². The molecule has 0 aromatic carbocycles. The Kier molecular flexibility index (Phi) is 3.50. The van der Waals surface area contributed by atoms with E-state index < -0.39 is 0 Å². The van der Waals surface area contributed by atoms with Crippen LogP contribution in [0.5, 0.6) is 0 Å².